The van der Waals surface area contributed by atoms with Gasteiger partial charge in [0.2, 0.25) is 11.8 Å². The molecular formula is C47H80N4O8. The van der Waals surface area contributed by atoms with E-state index in [0.717, 1.165) is 18.4 Å². The number of benzene rings is 1. The highest BCUT2D eigenvalue weighted by Gasteiger charge is 2.43. The number of hydrogen-bond acceptors (Lipinski definition) is 9. The minimum absolute atomic E-state index is 0.00235. The van der Waals surface area contributed by atoms with Crippen LogP contribution in [0.5, 0.6) is 0 Å². The summed E-state index contributed by atoms with van der Waals surface area (Å²) in [6, 6.07) is 7.97. The van der Waals surface area contributed by atoms with E-state index in [9.17, 15) is 24.0 Å². The lowest BCUT2D eigenvalue weighted by Crippen LogP contribution is -2.54. The summed E-state index contributed by atoms with van der Waals surface area (Å²) >= 11 is 0. The molecule has 3 amide bonds. The fraction of sp³-hybridized carbons (Fsp3) is 0.766. The van der Waals surface area contributed by atoms with E-state index in [2.05, 4.69) is 37.9 Å². The molecule has 1 fully saturated rings. The maximum Gasteiger partial charge on any atom is 0.409 e. The van der Waals surface area contributed by atoms with Gasteiger partial charge in [0.25, 0.3) is 0 Å². The first-order valence-electron chi connectivity index (χ1n) is 21.9. The molecule has 0 radical (unpaired) electrons. The lowest BCUT2D eigenvalue weighted by atomic mass is 9.84. The van der Waals surface area contributed by atoms with E-state index in [0.29, 0.717) is 38.8 Å². The second-order valence-corrected chi connectivity index (χ2v) is 19.0. The van der Waals surface area contributed by atoms with Gasteiger partial charge in [-0.1, -0.05) is 106 Å². The third kappa shape index (κ3) is 15.3. The SMILES string of the molecule is CC[C@H](C)[C@@H]([C@@H](CC(=O)N1CCC[C@H]1[C@H](OC)[C@@H](C)C(=O)N[C@@H](Cc1ccccc1)C(=O)CC(C)(C)C)OC)N(C)C[C@@H](CC(=O)[C@H](C(C)C)N(C)C(=O)OC)C(C)C. The highest BCUT2D eigenvalue weighted by Crippen LogP contribution is 2.31. The number of nitrogens with zero attached hydrogens (tertiary/aromatic N) is 3. The van der Waals surface area contributed by atoms with E-state index < -0.39 is 36.3 Å². The molecule has 2 rings (SSSR count). The number of rotatable bonds is 24. The average Bonchev–Trinajstić information content (AvgIpc) is 3.66. The number of amides is 3. The van der Waals surface area contributed by atoms with Crippen molar-refractivity contribution in [3.8, 4) is 0 Å². The highest BCUT2D eigenvalue weighted by molar-refractivity contribution is 5.90. The zero-order chi connectivity index (χ0) is 44.8. The van der Waals surface area contributed by atoms with E-state index in [-0.39, 0.29) is 71.0 Å². The number of ether oxygens (including phenoxy) is 3. The maximum atomic E-state index is 14.4. The van der Waals surface area contributed by atoms with Crippen LogP contribution in [-0.2, 0) is 39.8 Å². The van der Waals surface area contributed by atoms with Crippen LogP contribution < -0.4 is 5.32 Å². The van der Waals surface area contributed by atoms with Crippen LogP contribution in [0.1, 0.15) is 113 Å². The third-order valence-electron chi connectivity index (χ3n) is 12.4. The second-order valence-electron chi connectivity index (χ2n) is 19.0. The predicted octanol–water partition coefficient (Wildman–Crippen LogP) is 7.07. The number of methoxy groups -OCH3 is 3. The molecule has 0 unspecified atom stereocenters. The number of Topliss-reactive ketones (excluding diaryl/α,β-unsaturated/α-hetero) is 2. The zero-order valence-corrected chi connectivity index (χ0v) is 39.2. The van der Waals surface area contributed by atoms with Gasteiger partial charge in [0, 0.05) is 53.2 Å². The number of carbonyl (C=O) groups excluding carboxylic acids is 5. The summed E-state index contributed by atoms with van der Waals surface area (Å²) in [7, 11) is 8.21. The van der Waals surface area contributed by atoms with Gasteiger partial charge < -0.3 is 34.2 Å². The Morgan fingerprint density at radius 2 is 1.51 bits per heavy atom. The van der Waals surface area contributed by atoms with Crippen molar-refractivity contribution >= 4 is 29.5 Å². The lowest BCUT2D eigenvalue weighted by molar-refractivity contribution is -0.143. The van der Waals surface area contributed by atoms with Crippen molar-refractivity contribution < 1.29 is 38.2 Å². The molecule has 0 saturated carbocycles. The topological polar surface area (TPSA) is 135 Å². The molecule has 0 bridgehead atoms. The molecule has 1 heterocycles. The Morgan fingerprint density at radius 1 is 0.881 bits per heavy atom. The van der Waals surface area contributed by atoms with Gasteiger partial charge in [0.1, 0.15) is 0 Å². The van der Waals surface area contributed by atoms with E-state index in [4.69, 9.17) is 14.2 Å². The Hall–Kier alpha value is -3.35. The summed E-state index contributed by atoms with van der Waals surface area (Å²) in [5.74, 6) is -0.722. The Balaban J connectivity index is 2.28. The molecule has 12 nitrogen and oxygen atoms in total. The minimum atomic E-state index is -0.687. The van der Waals surface area contributed by atoms with Gasteiger partial charge in [-0.3, -0.25) is 19.2 Å². The molecule has 0 aliphatic carbocycles. The van der Waals surface area contributed by atoms with Crippen LogP contribution in [0.15, 0.2) is 30.3 Å². The van der Waals surface area contributed by atoms with Crippen LogP contribution in [0, 0.1) is 35.0 Å². The van der Waals surface area contributed by atoms with Gasteiger partial charge >= 0.3 is 6.09 Å². The summed E-state index contributed by atoms with van der Waals surface area (Å²) in [5, 5.41) is 3.08. The Morgan fingerprint density at radius 3 is 2.02 bits per heavy atom. The van der Waals surface area contributed by atoms with Gasteiger partial charge in [-0.25, -0.2) is 4.79 Å². The smallest absolute Gasteiger partial charge is 0.409 e. The van der Waals surface area contributed by atoms with Crippen molar-refractivity contribution in [2.75, 3.05) is 48.5 Å². The molecule has 1 aliphatic rings. The van der Waals surface area contributed by atoms with Crippen molar-refractivity contribution in [2.45, 2.75) is 151 Å². The number of likely N-dealkylation sites (N-methyl/N-ethyl adjacent to an activating group) is 2. The molecule has 1 aliphatic heterocycles. The summed E-state index contributed by atoms with van der Waals surface area (Å²) in [6.07, 6.45) is 1.95. The van der Waals surface area contributed by atoms with Crippen LogP contribution in [-0.4, -0.2) is 129 Å². The van der Waals surface area contributed by atoms with E-state index in [1.165, 1.54) is 12.0 Å². The minimum Gasteiger partial charge on any atom is -0.453 e. The van der Waals surface area contributed by atoms with Gasteiger partial charge in [-0.2, -0.15) is 0 Å². The first kappa shape index (κ1) is 51.8. The van der Waals surface area contributed by atoms with Crippen LogP contribution >= 0.6 is 0 Å². The second kappa shape index (κ2) is 24.2. The largest absolute Gasteiger partial charge is 0.453 e. The molecule has 0 spiro atoms. The highest BCUT2D eigenvalue weighted by atomic mass is 16.5. The summed E-state index contributed by atoms with van der Waals surface area (Å²) in [6.45, 7) is 21.4. The van der Waals surface area contributed by atoms with Crippen molar-refractivity contribution in [3.63, 3.8) is 0 Å². The molecule has 0 aromatic heterocycles. The molecule has 9 atom stereocenters. The monoisotopic (exact) mass is 829 g/mol. The standard InChI is InChI=1S/C47H80N4O8/c1-16-32(6)43(49(11)29-35(30(2)3)26-38(52)42(31(4)5)50(12)46(56)59-15)40(57-13)27-41(54)51-24-20-23-37(51)44(58-14)33(7)45(55)48-36(39(53)28-47(8,9)10)25-34-21-18-17-19-22-34/h17-19,21-22,30-33,35-37,40,42-44H,16,20,23-29H2,1-15H3,(H,48,55)/t32-,33+,35+,36-,37-,40+,42-,43-,44+/m0/s1. The van der Waals surface area contributed by atoms with Crippen molar-refractivity contribution in [2.24, 2.45) is 35.0 Å². The fourth-order valence-electron chi connectivity index (χ4n) is 8.96. The quantitative estimate of drug-likeness (QED) is 0.116. The third-order valence-corrected chi connectivity index (χ3v) is 12.4. The molecule has 1 aromatic rings. The van der Waals surface area contributed by atoms with Crippen LogP contribution in [0.3, 0.4) is 0 Å². The molecule has 1 N–H and O–H groups in total. The zero-order valence-electron chi connectivity index (χ0n) is 39.2. The number of likely N-dealkylation sites (tertiary alicyclic amines) is 1. The van der Waals surface area contributed by atoms with E-state index in [1.54, 1.807) is 21.3 Å². The molecule has 1 aromatic carbocycles. The molecule has 1 saturated heterocycles. The molecule has 59 heavy (non-hydrogen) atoms. The average molecular weight is 829 g/mol. The molecule has 12 heteroatoms. The lowest BCUT2D eigenvalue weighted by Gasteiger charge is -2.41. The van der Waals surface area contributed by atoms with Crippen molar-refractivity contribution in [3.05, 3.63) is 35.9 Å². The van der Waals surface area contributed by atoms with Gasteiger partial charge in [-0.15, -0.1) is 0 Å². The van der Waals surface area contributed by atoms with E-state index in [1.807, 2.05) is 83.8 Å². The normalized spacial score (nSPS) is 18.8. The summed E-state index contributed by atoms with van der Waals surface area (Å²) in [4.78, 5) is 73.6. The maximum absolute atomic E-state index is 14.4. The Labute approximate surface area is 356 Å². The van der Waals surface area contributed by atoms with Gasteiger partial charge in [0.05, 0.1) is 49.8 Å². The number of hydrogen-bond donors (Lipinski definition) is 1. The first-order chi connectivity index (χ1) is 27.6. The first-order valence-corrected chi connectivity index (χ1v) is 21.9. The Kier molecular flexibility index (Phi) is 21.2. The molecular weight excluding hydrogens is 749 g/mol. The van der Waals surface area contributed by atoms with Crippen LogP contribution in [0.4, 0.5) is 4.79 Å². The number of ketones is 2. The summed E-state index contributed by atoms with van der Waals surface area (Å²) in [5.41, 5.74) is 0.732. The van der Waals surface area contributed by atoms with Gasteiger partial charge in [-0.05, 0) is 61.0 Å². The van der Waals surface area contributed by atoms with E-state index >= 15 is 0 Å². The Bertz CT molecular complexity index is 1480. The van der Waals surface area contributed by atoms with Crippen molar-refractivity contribution in [1.82, 2.24) is 20.0 Å². The van der Waals surface area contributed by atoms with Crippen molar-refractivity contribution in [1.29, 1.82) is 0 Å². The van der Waals surface area contributed by atoms with Gasteiger partial charge in [0.15, 0.2) is 11.6 Å². The van der Waals surface area contributed by atoms with Crippen LogP contribution in [0.2, 0.25) is 0 Å². The fourth-order valence-corrected chi connectivity index (χ4v) is 8.96. The predicted molar refractivity (Wildman–Crippen MR) is 234 cm³/mol. The molecule has 336 valence electrons. The summed E-state index contributed by atoms with van der Waals surface area (Å²) < 4.78 is 17.1. The number of carbonyl (C=O) groups is 5. The number of nitrogens with one attached hydrogen (secondary N) is 1. The van der Waals surface area contributed by atoms with Crippen LogP contribution in [0.25, 0.3) is 0 Å².